The van der Waals surface area contributed by atoms with Crippen molar-refractivity contribution in [3.05, 3.63) is 40.7 Å². The van der Waals surface area contributed by atoms with Gasteiger partial charge in [-0.25, -0.2) is 9.37 Å². The number of carboxylic acid groups (broad SMARTS) is 1. The number of carboxylic acids is 1. The van der Waals surface area contributed by atoms with E-state index in [2.05, 4.69) is 4.98 Å². The summed E-state index contributed by atoms with van der Waals surface area (Å²) in [5.41, 5.74) is 1.20. The van der Waals surface area contributed by atoms with Crippen LogP contribution in [0.5, 0.6) is 0 Å². The highest BCUT2D eigenvalue weighted by Crippen LogP contribution is 2.29. The molecule has 0 fully saturated rings. The number of carbonyl (C=O) groups is 1. The van der Waals surface area contributed by atoms with Crippen molar-refractivity contribution in [1.29, 1.82) is 0 Å². The Kier molecular flexibility index (Phi) is 3.72. The molecule has 0 spiro atoms. The summed E-state index contributed by atoms with van der Waals surface area (Å²) in [5, 5.41) is 9.25. The number of aryl methyl sites for hydroxylation is 2. The minimum atomic E-state index is -0.852. The van der Waals surface area contributed by atoms with Gasteiger partial charge in [-0.15, -0.1) is 11.3 Å². The maximum Gasteiger partial charge on any atom is 0.303 e. The summed E-state index contributed by atoms with van der Waals surface area (Å²) >= 11 is 1.39. The van der Waals surface area contributed by atoms with Crippen LogP contribution in [0.4, 0.5) is 4.39 Å². The van der Waals surface area contributed by atoms with Crippen molar-refractivity contribution in [2.45, 2.75) is 19.8 Å². The fourth-order valence-electron chi connectivity index (χ4n) is 1.64. The van der Waals surface area contributed by atoms with Crippen LogP contribution in [-0.2, 0) is 11.2 Å². The van der Waals surface area contributed by atoms with Crippen LogP contribution in [0.15, 0.2) is 24.3 Å². The highest BCUT2D eigenvalue weighted by Gasteiger charge is 2.13. The Morgan fingerprint density at radius 2 is 2.17 bits per heavy atom. The predicted octanol–water partition coefficient (Wildman–Crippen LogP) is 3.27. The van der Waals surface area contributed by atoms with Crippen molar-refractivity contribution < 1.29 is 14.3 Å². The molecule has 0 atom stereocenters. The zero-order chi connectivity index (χ0) is 13.1. The second kappa shape index (κ2) is 5.27. The summed E-state index contributed by atoms with van der Waals surface area (Å²) in [4.78, 5) is 15.8. The number of hydrogen-bond donors (Lipinski definition) is 1. The topological polar surface area (TPSA) is 50.2 Å². The lowest BCUT2D eigenvalue weighted by atomic mass is 10.2. The number of thiazole rings is 1. The molecule has 0 amide bonds. The normalized spacial score (nSPS) is 10.6. The highest BCUT2D eigenvalue weighted by molar-refractivity contribution is 7.15. The monoisotopic (exact) mass is 265 g/mol. The first-order chi connectivity index (χ1) is 8.58. The van der Waals surface area contributed by atoms with Crippen LogP contribution in [-0.4, -0.2) is 16.1 Å². The van der Waals surface area contributed by atoms with Crippen molar-refractivity contribution in [2.75, 3.05) is 0 Å². The number of halogens is 1. The van der Waals surface area contributed by atoms with Gasteiger partial charge in [-0.3, -0.25) is 4.79 Å². The van der Waals surface area contributed by atoms with E-state index >= 15 is 0 Å². The Bertz CT molecular complexity index is 580. The third-order valence-electron chi connectivity index (χ3n) is 2.57. The lowest BCUT2D eigenvalue weighted by molar-refractivity contribution is -0.136. The number of nitrogens with zero attached hydrogens (tertiary/aromatic N) is 1. The number of hydrogen-bond acceptors (Lipinski definition) is 3. The van der Waals surface area contributed by atoms with Gasteiger partial charge in [-0.1, -0.05) is 12.1 Å². The molecular weight excluding hydrogens is 253 g/mol. The second-order valence-electron chi connectivity index (χ2n) is 3.90. The lowest BCUT2D eigenvalue weighted by Crippen LogP contribution is -1.98. The molecule has 94 valence electrons. The molecule has 0 radical (unpaired) electrons. The van der Waals surface area contributed by atoms with Gasteiger partial charge in [0.15, 0.2) is 0 Å². The molecule has 0 saturated carbocycles. The van der Waals surface area contributed by atoms with Crippen LogP contribution in [0.3, 0.4) is 0 Å². The van der Waals surface area contributed by atoms with Crippen LogP contribution >= 0.6 is 11.3 Å². The Morgan fingerprint density at radius 3 is 2.83 bits per heavy atom. The molecule has 0 saturated heterocycles. The zero-order valence-corrected chi connectivity index (χ0v) is 10.6. The predicted molar refractivity (Wildman–Crippen MR) is 68.2 cm³/mol. The van der Waals surface area contributed by atoms with Gasteiger partial charge in [-0.05, 0) is 19.1 Å². The number of rotatable bonds is 4. The summed E-state index contributed by atoms with van der Waals surface area (Å²) in [6.45, 7) is 1.87. The molecule has 1 aromatic carbocycles. The quantitative estimate of drug-likeness (QED) is 0.923. The van der Waals surface area contributed by atoms with E-state index < -0.39 is 5.97 Å². The van der Waals surface area contributed by atoms with Gasteiger partial charge < -0.3 is 5.11 Å². The molecule has 2 aromatic rings. The second-order valence-corrected chi connectivity index (χ2v) is 5.10. The number of aliphatic carboxylic acids is 1. The average molecular weight is 265 g/mol. The molecule has 0 bridgehead atoms. The summed E-state index contributed by atoms with van der Waals surface area (Å²) < 4.78 is 13.6. The molecule has 0 aliphatic rings. The minimum Gasteiger partial charge on any atom is -0.481 e. The molecule has 18 heavy (non-hydrogen) atoms. The van der Waals surface area contributed by atoms with Crippen LogP contribution in [0.25, 0.3) is 10.6 Å². The van der Waals surface area contributed by atoms with E-state index in [1.54, 1.807) is 18.2 Å². The summed E-state index contributed by atoms with van der Waals surface area (Å²) in [6.07, 6.45) is 0.424. The molecule has 1 heterocycles. The Hall–Kier alpha value is -1.75. The van der Waals surface area contributed by atoms with Crippen LogP contribution in [0.1, 0.15) is 17.0 Å². The van der Waals surface area contributed by atoms with Gasteiger partial charge in [-0.2, -0.15) is 0 Å². The van der Waals surface area contributed by atoms with Crippen molar-refractivity contribution in [3.8, 4) is 10.6 Å². The molecule has 5 heteroatoms. The van der Waals surface area contributed by atoms with E-state index in [0.717, 1.165) is 10.6 Å². The van der Waals surface area contributed by atoms with Crippen molar-refractivity contribution in [3.63, 3.8) is 0 Å². The summed E-state index contributed by atoms with van der Waals surface area (Å²) in [7, 11) is 0. The third kappa shape index (κ3) is 2.73. The maximum atomic E-state index is 13.6. The summed E-state index contributed by atoms with van der Waals surface area (Å²) in [6, 6.07) is 6.45. The largest absolute Gasteiger partial charge is 0.481 e. The Balaban J connectivity index is 2.29. The van der Waals surface area contributed by atoms with Gasteiger partial charge in [0.1, 0.15) is 10.8 Å². The SMILES string of the molecule is Cc1sc(-c2ccccc2F)nc1CCC(=O)O. The first-order valence-electron chi connectivity index (χ1n) is 5.51. The molecule has 0 aliphatic carbocycles. The molecule has 0 unspecified atom stereocenters. The smallest absolute Gasteiger partial charge is 0.303 e. The van der Waals surface area contributed by atoms with Crippen LogP contribution in [0.2, 0.25) is 0 Å². The highest BCUT2D eigenvalue weighted by atomic mass is 32.1. The standard InChI is InChI=1S/C13H12FNO2S/c1-8-11(6-7-12(16)17)15-13(18-8)9-4-2-3-5-10(9)14/h2-5H,6-7H2,1H3,(H,16,17). The Labute approximate surface area is 108 Å². The zero-order valence-electron chi connectivity index (χ0n) is 9.81. The molecule has 1 aromatic heterocycles. The van der Waals surface area contributed by atoms with Crippen molar-refractivity contribution in [2.24, 2.45) is 0 Å². The van der Waals surface area contributed by atoms with Crippen LogP contribution in [0, 0.1) is 12.7 Å². The van der Waals surface area contributed by atoms with Gasteiger partial charge in [0.05, 0.1) is 12.1 Å². The van der Waals surface area contributed by atoms with Crippen molar-refractivity contribution in [1.82, 2.24) is 4.98 Å². The van der Waals surface area contributed by atoms with E-state index in [1.807, 2.05) is 6.92 Å². The van der Waals surface area contributed by atoms with Crippen LogP contribution < -0.4 is 0 Å². The lowest BCUT2D eigenvalue weighted by Gasteiger charge is -1.97. The fraction of sp³-hybridized carbons (Fsp3) is 0.231. The molecule has 1 N–H and O–H groups in total. The first-order valence-corrected chi connectivity index (χ1v) is 6.32. The molecule has 2 rings (SSSR count). The van der Waals surface area contributed by atoms with Gasteiger partial charge >= 0.3 is 5.97 Å². The third-order valence-corrected chi connectivity index (χ3v) is 3.62. The van der Waals surface area contributed by atoms with Gasteiger partial charge in [0, 0.05) is 16.9 Å². The van der Waals surface area contributed by atoms with E-state index in [9.17, 15) is 9.18 Å². The first kappa shape index (κ1) is 12.7. The Morgan fingerprint density at radius 1 is 1.44 bits per heavy atom. The van der Waals surface area contributed by atoms with E-state index in [4.69, 9.17) is 5.11 Å². The molecular formula is C13H12FNO2S. The summed E-state index contributed by atoms with van der Waals surface area (Å²) in [5.74, 6) is -1.16. The maximum absolute atomic E-state index is 13.6. The molecule has 0 aliphatic heterocycles. The average Bonchev–Trinajstić information content (AvgIpc) is 2.68. The minimum absolute atomic E-state index is 0.0429. The van der Waals surface area contributed by atoms with Gasteiger partial charge in [0.2, 0.25) is 0 Å². The van der Waals surface area contributed by atoms with E-state index in [1.165, 1.54) is 17.4 Å². The van der Waals surface area contributed by atoms with E-state index in [0.29, 0.717) is 17.0 Å². The fourth-order valence-corrected chi connectivity index (χ4v) is 2.62. The van der Waals surface area contributed by atoms with Crippen molar-refractivity contribution >= 4 is 17.3 Å². The number of aromatic nitrogens is 1. The molecule has 3 nitrogen and oxygen atoms in total. The van der Waals surface area contributed by atoms with Gasteiger partial charge in [0.25, 0.3) is 0 Å². The van der Waals surface area contributed by atoms with E-state index in [-0.39, 0.29) is 12.2 Å². The number of benzene rings is 1.